The number of pyridine rings is 1. The van der Waals surface area contributed by atoms with E-state index < -0.39 is 15.6 Å². The molecule has 1 N–H and O–H groups in total. The van der Waals surface area contributed by atoms with Crippen molar-refractivity contribution in [2.45, 2.75) is 36.7 Å². The number of aryl methyl sites for hydroxylation is 2. The highest BCUT2D eigenvalue weighted by molar-refractivity contribution is 7.89. The van der Waals surface area contributed by atoms with Crippen LogP contribution in [0.1, 0.15) is 30.5 Å². The Morgan fingerprint density at radius 2 is 2.15 bits per heavy atom. The Bertz CT molecular complexity index is 962. The number of hydrogen-bond donors (Lipinski definition) is 1. The van der Waals surface area contributed by atoms with E-state index in [1.165, 1.54) is 8.99 Å². The molecule has 146 valence electrons. The lowest BCUT2D eigenvalue weighted by molar-refractivity contribution is -0.0643. The second kappa shape index (κ2) is 6.55. The van der Waals surface area contributed by atoms with Crippen molar-refractivity contribution in [2.75, 3.05) is 13.1 Å². The van der Waals surface area contributed by atoms with Crippen molar-refractivity contribution in [3.05, 3.63) is 40.9 Å². The van der Waals surface area contributed by atoms with Crippen molar-refractivity contribution < 1.29 is 13.5 Å². The first-order chi connectivity index (χ1) is 12.7. The van der Waals surface area contributed by atoms with Gasteiger partial charge < -0.3 is 5.11 Å². The van der Waals surface area contributed by atoms with E-state index in [-0.39, 0.29) is 28.4 Å². The van der Waals surface area contributed by atoms with E-state index in [1.807, 2.05) is 6.07 Å². The van der Waals surface area contributed by atoms with Gasteiger partial charge in [0.15, 0.2) is 0 Å². The Kier molecular flexibility index (Phi) is 4.57. The molecule has 0 spiro atoms. The average molecular weight is 411 g/mol. The van der Waals surface area contributed by atoms with Gasteiger partial charge in [-0.25, -0.2) is 8.42 Å². The molecule has 4 rings (SSSR count). The zero-order valence-corrected chi connectivity index (χ0v) is 16.9. The summed E-state index contributed by atoms with van der Waals surface area (Å²) < 4.78 is 29.4. The van der Waals surface area contributed by atoms with Crippen molar-refractivity contribution in [3.63, 3.8) is 0 Å². The van der Waals surface area contributed by atoms with E-state index in [1.54, 1.807) is 32.4 Å². The van der Waals surface area contributed by atoms with Gasteiger partial charge in [0.1, 0.15) is 10.0 Å². The van der Waals surface area contributed by atoms with Crippen molar-refractivity contribution in [1.82, 2.24) is 19.1 Å². The summed E-state index contributed by atoms with van der Waals surface area (Å²) >= 11 is 6.22. The number of fused-ring (bicyclic) bond motifs is 1. The van der Waals surface area contributed by atoms with E-state index in [9.17, 15) is 13.5 Å². The van der Waals surface area contributed by atoms with E-state index >= 15 is 0 Å². The highest BCUT2D eigenvalue weighted by Gasteiger charge is 2.52. The summed E-state index contributed by atoms with van der Waals surface area (Å²) in [5.41, 5.74) is 0.0873. The van der Waals surface area contributed by atoms with Gasteiger partial charge in [0, 0.05) is 44.0 Å². The van der Waals surface area contributed by atoms with Crippen LogP contribution in [0, 0.1) is 18.8 Å². The molecule has 0 bridgehead atoms. The monoisotopic (exact) mass is 410 g/mol. The average Bonchev–Trinajstić information content (AvgIpc) is 3.19. The SMILES string of the molecule is Cc1nn(C)c(Cl)c1S(=O)(=O)N1C[C@H]2CCC[C@](O)(c3cccnc3)[C@@H]2C1. The molecule has 9 heteroatoms. The van der Waals surface area contributed by atoms with Crippen molar-refractivity contribution in [1.29, 1.82) is 0 Å². The van der Waals surface area contributed by atoms with Crippen LogP contribution in [0.4, 0.5) is 0 Å². The van der Waals surface area contributed by atoms with Crippen molar-refractivity contribution in [2.24, 2.45) is 18.9 Å². The van der Waals surface area contributed by atoms with Crippen LogP contribution in [0.15, 0.2) is 29.4 Å². The summed E-state index contributed by atoms with van der Waals surface area (Å²) in [7, 11) is -2.15. The van der Waals surface area contributed by atoms with Crippen LogP contribution in [-0.4, -0.2) is 45.7 Å². The van der Waals surface area contributed by atoms with Gasteiger partial charge in [-0.2, -0.15) is 9.40 Å². The van der Waals surface area contributed by atoms with Gasteiger partial charge in [-0.1, -0.05) is 17.7 Å². The Morgan fingerprint density at radius 3 is 2.78 bits per heavy atom. The number of hydrogen-bond acceptors (Lipinski definition) is 5. The largest absolute Gasteiger partial charge is 0.385 e. The number of aliphatic hydroxyl groups is 1. The molecule has 2 fully saturated rings. The van der Waals surface area contributed by atoms with Crippen LogP contribution in [0.2, 0.25) is 5.15 Å². The van der Waals surface area contributed by atoms with Crippen LogP contribution in [0.3, 0.4) is 0 Å². The molecule has 1 saturated carbocycles. The van der Waals surface area contributed by atoms with Gasteiger partial charge in [-0.05, 0) is 38.2 Å². The summed E-state index contributed by atoms with van der Waals surface area (Å²) in [5, 5.41) is 15.7. The second-order valence-corrected chi connectivity index (χ2v) is 9.81. The van der Waals surface area contributed by atoms with E-state index in [4.69, 9.17) is 11.6 Å². The quantitative estimate of drug-likeness (QED) is 0.836. The minimum Gasteiger partial charge on any atom is -0.385 e. The maximum Gasteiger partial charge on any atom is 0.248 e. The van der Waals surface area contributed by atoms with Crippen molar-refractivity contribution >= 4 is 21.6 Å². The molecular weight excluding hydrogens is 388 g/mol. The predicted molar refractivity (Wildman–Crippen MR) is 101 cm³/mol. The number of sulfonamides is 1. The minimum absolute atomic E-state index is 0.0650. The highest BCUT2D eigenvalue weighted by Crippen LogP contribution is 2.49. The number of nitrogens with zero attached hydrogens (tertiary/aromatic N) is 4. The number of halogens is 1. The lowest BCUT2D eigenvalue weighted by Crippen LogP contribution is -2.43. The van der Waals surface area contributed by atoms with Gasteiger partial charge in [0.05, 0.1) is 11.3 Å². The lowest BCUT2D eigenvalue weighted by Gasteiger charge is -2.41. The fourth-order valence-corrected chi connectivity index (χ4v) is 6.92. The maximum atomic E-state index is 13.3. The molecule has 1 aliphatic heterocycles. The third kappa shape index (κ3) is 2.90. The fraction of sp³-hybridized carbons (Fsp3) is 0.556. The Labute approximate surface area is 164 Å². The fourth-order valence-electron chi connectivity index (χ4n) is 4.69. The molecule has 1 aliphatic carbocycles. The van der Waals surface area contributed by atoms with Crippen LogP contribution >= 0.6 is 11.6 Å². The van der Waals surface area contributed by atoms with Crippen LogP contribution in [0.25, 0.3) is 0 Å². The first kappa shape index (κ1) is 18.9. The highest BCUT2D eigenvalue weighted by atomic mass is 35.5. The minimum atomic E-state index is -3.78. The molecule has 3 atom stereocenters. The van der Waals surface area contributed by atoms with Gasteiger partial charge in [-0.15, -0.1) is 0 Å². The lowest BCUT2D eigenvalue weighted by atomic mass is 9.68. The van der Waals surface area contributed by atoms with E-state index in [0.29, 0.717) is 18.7 Å². The zero-order valence-electron chi connectivity index (χ0n) is 15.3. The third-order valence-corrected chi connectivity index (χ3v) is 8.54. The van der Waals surface area contributed by atoms with Crippen LogP contribution in [-0.2, 0) is 22.7 Å². The Balaban J connectivity index is 1.69. The first-order valence-corrected chi connectivity index (χ1v) is 10.9. The van der Waals surface area contributed by atoms with E-state index in [2.05, 4.69) is 10.1 Å². The normalized spacial score (nSPS) is 29.0. The van der Waals surface area contributed by atoms with Crippen LogP contribution in [0.5, 0.6) is 0 Å². The number of aromatic nitrogens is 3. The molecule has 2 aromatic rings. The molecule has 3 heterocycles. The molecular formula is C18H23ClN4O3S. The van der Waals surface area contributed by atoms with E-state index in [0.717, 1.165) is 18.4 Å². The zero-order chi connectivity index (χ0) is 19.4. The van der Waals surface area contributed by atoms with Gasteiger partial charge in [0.2, 0.25) is 10.0 Å². The summed E-state index contributed by atoms with van der Waals surface area (Å²) in [5.74, 6) is -0.0598. The topological polar surface area (TPSA) is 88.3 Å². The van der Waals surface area contributed by atoms with Crippen molar-refractivity contribution in [3.8, 4) is 0 Å². The maximum absolute atomic E-state index is 13.3. The summed E-state index contributed by atoms with van der Waals surface area (Å²) in [6.45, 7) is 2.30. The number of rotatable bonds is 3. The second-order valence-electron chi connectivity index (χ2n) is 7.58. The van der Waals surface area contributed by atoms with Gasteiger partial charge in [-0.3, -0.25) is 9.67 Å². The standard InChI is InChI=1S/C18H23ClN4O3S/c1-12-16(17(19)22(2)21-12)27(25,26)23-10-13-5-3-7-18(24,15(13)11-23)14-6-4-8-20-9-14/h4,6,8-9,13,15,24H,3,5,7,10-11H2,1-2H3/t13-,15-,18+/m1/s1. The molecule has 0 radical (unpaired) electrons. The summed E-state index contributed by atoms with van der Waals surface area (Å²) in [4.78, 5) is 4.21. The predicted octanol–water partition coefficient (Wildman–Crippen LogP) is 2.09. The van der Waals surface area contributed by atoms with Gasteiger partial charge >= 0.3 is 0 Å². The molecule has 0 amide bonds. The smallest absolute Gasteiger partial charge is 0.248 e. The molecule has 1 saturated heterocycles. The van der Waals surface area contributed by atoms with Gasteiger partial charge in [0.25, 0.3) is 0 Å². The first-order valence-electron chi connectivity index (χ1n) is 9.07. The molecule has 0 unspecified atom stereocenters. The molecule has 2 aliphatic rings. The Morgan fingerprint density at radius 1 is 1.37 bits per heavy atom. The molecule has 0 aromatic carbocycles. The summed E-state index contributed by atoms with van der Waals surface area (Å²) in [6, 6.07) is 3.67. The summed E-state index contributed by atoms with van der Waals surface area (Å²) in [6.07, 6.45) is 5.72. The van der Waals surface area contributed by atoms with Crippen LogP contribution < -0.4 is 0 Å². The third-order valence-electron chi connectivity index (χ3n) is 6.01. The Hall–Kier alpha value is -1.48. The molecule has 27 heavy (non-hydrogen) atoms. The molecule has 2 aromatic heterocycles. The molecule has 7 nitrogen and oxygen atoms in total.